The molecule has 0 saturated carbocycles. The van der Waals surface area contributed by atoms with E-state index in [1.165, 1.54) is 18.5 Å². The zero-order valence-corrected chi connectivity index (χ0v) is 21.8. The van der Waals surface area contributed by atoms with Crippen molar-refractivity contribution in [3.63, 3.8) is 0 Å². The summed E-state index contributed by atoms with van der Waals surface area (Å²) in [5.41, 5.74) is 0.218. The Kier molecular flexibility index (Phi) is 6.48. The van der Waals surface area contributed by atoms with Gasteiger partial charge in [0.15, 0.2) is 5.82 Å². The number of nitrogens with one attached hydrogen (secondary N) is 2. The third-order valence-corrected chi connectivity index (χ3v) is 7.50. The molecule has 7 nitrogen and oxygen atoms in total. The maximum atomic E-state index is 16.1. The van der Waals surface area contributed by atoms with E-state index in [4.69, 9.17) is 16.3 Å². The molecule has 2 aromatic carbocycles. The Morgan fingerprint density at radius 2 is 2.11 bits per heavy atom. The van der Waals surface area contributed by atoms with Gasteiger partial charge < -0.3 is 10.1 Å². The van der Waals surface area contributed by atoms with Crippen molar-refractivity contribution in [2.75, 3.05) is 18.4 Å². The first-order chi connectivity index (χ1) is 17.6. The maximum absolute atomic E-state index is 16.1. The molecular formula is C26H22ClF2N5O2S. The number of thiophene rings is 1. The van der Waals surface area contributed by atoms with Crippen molar-refractivity contribution in [3.8, 4) is 17.2 Å². The first-order valence-electron chi connectivity index (χ1n) is 11.6. The molecule has 1 amide bonds. The predicted octanol–water partition coefficient (Wildman–Crippen LogP) is 6.74. The van der Waals surface area contributed by atoms with Crippen LogP contribution >= 0.6 is 22.9 Å². The number of anilines is 1. The van der Waals surface area contributed by atoms with Crippen LogP contribution in [0.25, 0.3) is 32.1 Å². The van der Waals surface area contributed by atoms with Crippen LogP contribution in [0.2, 0.25) is 5.02 Å². The van der Waals surface area contributed by atoms with Crippen molar-refractivity contribution in [1.29, 1.82) is 5.26 Å². The summed E-state index contributed by atoms with van der Waals surface area (Å²) in [4.78, 5) is 21.0. The van der Waals surface area contributed by atoms with Crippen molar-refractivity contribution in [2.24, 2.45) is 0 Å². The molecule has 190 valence electrons. The standard InChI is InChI=1S/C26H22ClF2N5O2S/c1-26(2,3)36-25(35)34-24-15(9-30)18-13(4-5-17(28)23(18)37-24)19-16(27)8-14-21(12-6-7-31-10-12)32-11-33-22(14)20(19)29/h4-5,8,11-12,31H,6-7,10H2,1-3H3,(H,34,35). The van der Waals surface area contributed by atoms with Crippen LogP contribution in [0.15, 0.2) is 24.5 Å². The fourth-order valence-corrected chi connectivity index (χ4v) is 5.94. The van der Waals surface area contributed by atoms with Crippen molar-refractivity contribution in [2.45, 2.75) is 38.7 Å². The first-order valence-corrected chi connectivity index (χ1v) is 12.8. The molecule has 1 fully saturated rings. The van der Waals surface area contributed by atoms with Crippen LogP contribution in [0.3, 0.4) is 0 Å². The fraction of sp³-hybridized carbons (Fsp3) is 0.308. The van der Waals surface area contributed by atoms with Crippen LogP contribution in [0.1, 0.15) is 44.4 Å². The normalized spacial score (nSPS) is 15.8. The molecular weight excluding hydrogens is 520 g/mol. The van der Waals surface area contributed by atoms with Crippen molar-refractivity contribution in [3.05, 3.63) is 52.4 Å². The lowest BCUT2D eigenvalue weighted by atomic mass is 9.94. The van der Waals surface area contributed by atoms with Crippen molar-refractivity contribution in [1.82, 2.24) is 15.3 Å². The SMILES string of the molecule is CC(C)(C)OC(=O)Nc1sc2c(F)ccc(-c3c(Cl)cc4c(C5CCNC5)ncnc4c3F)c2c1C#N. The predicted molar refractivity (Wildman–Crippen MR) is 140 cm³/mol. The van der Waals surface area contributed by atoms with Gasteiger partial charge in [-0.25, -0.2) is 23.5 Å². The van der Waals surface area contributed by atoms with Gasteiger partial charge >= 0.3 is 6.09 Å². The van der Waals surface area contributed by atoms with Crippen LogP contribution in [0, 0.1) is 23.0 Å². The lowest BCUT2D eigenvalue weighted by molar-refractivity contribution is 0.0636. The Morgan fingerprint density at radius 1 is 1.32 bits per heavy atom. The van der Waals surface area contributed by atoms with Crippen molar-refractivity contribution < 1.29 is 18.3 Å². The van der Waals surface area contributed by atoms with Crippen LogP contribution in [0.5, 0.6) is 0 Å². The number of nitriles is 1. The first kappa shape index (κ1) is 25.3. The average Bonchev–Trinajstić information content (AvgIpc) is 3.47. The lowest BCUT2D eigenvalue weighted by Crippen LogP contribution is -2.27. The van der Waals surface area contributed by atoms with E-state index in [2.05, 4.69) is 20.6 Å². The molecule has 0 spiro atoms. The number of fused-ring (bicyclic) bond motifs is 2. The van der Waals surface area contributed by atoms with Crippen LogP contribution in [0.4, 0.5) is 18.6 Å². The molecule has 0 radical (unpaired) electrons. The summed E-state index contributed by atoms with van der Waals surface area (Å²) in [6, 6.07) is 6.20. The highest BCUT2D eigenvalue weighted by atomic mass is 35.5. The molecule has 5 rings (SSSR count). The van der Waals surface area contributed by atoms with Crippen LogP contribution in [-0.2, 0) is 4.74 Å². The largest absolute Gasteiger partial charge is 0.444 e. The highest BCUT2D eigenvalue weighted by molar-refractivity contribution is 7.23. The number of aromatic nitrogens is 2. The minimum absolute atomic E-state index is 0.00789. The number of ether oxygens (including phenoxy) is 1. The number of amides is 1. The highest BCUT2D eigenvalue weighted by Gasteiger charge is 2.27. The molecule has 37 heavy (non-hydrogen) atoms. The quantitative estimate of drug-likeness (QED) is 0.298. The van der Waals surface area contributed by atoms with Gasteiger partial charge in [-0.15, -0.1) is 11.3 Å². The van der Waals surface area contributed by atoms with E-state index in [0.29, 0.717) is 11.1 Å². The molecule has 1 atom stereocenters. The molecule has 2 aromatic heterocycles. The number of rotatable bonds is 3. The van der Waals surface area contributed by atoms with Gasteiger partial charge in [0, 0.05) is 28.8 Å². The summed E-state index contributed by atoms with van der Waals surface area (Å²) in [6.45, 7) is 6.65. The minimum atomic E-state index is -0.793. The molecule has 1 aliphatic heterocycles. The Balaban J connectivity index is 1.70. The van der Waals surface area contributed by atoms with Gasteiger partial charge in [0.1, 0.15) is 34.3 Å². The second-order valence-electron chi connectivity index (χ2n) is 9.74. The number of benzene rings is 2. The third kappa shape index (κ3) is 4.59. The van der Waals surface area contributed by atoms with E-state index in [0.717, 1.165) is 30.8 Å². The van der Waals surface area contributed by atoms with Gasteiger partial charge in [0.2, 0.25) is 0 Å². The second-order valence-corrected chi connectivity index (χ2v) is 11.2. The average molecular weight is 542 g/mol. The van der Waals surface area contributed by atoms with Gasteiger partial charge in [-0.1, -0.05) is 17.7 Å². The van der Waals surface area contributed by atoms with E-state index in [9.17, 15) is 14.4 Å². The Bertz CT molecular complexity index is 1600. The van der Waals surface area contributed by atoms with Gasteiger partial charge in [0.25, 0.3) is 0 Å². The molecule has 3 heterocycles. The van der Waals surface area contributed by atoms with E-state index in [1.807, 2.05) is 6.07 Å². The number of hydrogen-bond acceptors (Lipinski definition) is 7. The molecule has 1 aliphatic rings. The Labute approximate surface area is 220 Å². The molecule has 11 heteroatoms. The topological polar surface area (TPSA) is 99.9 Å². The van der Waals surface area contributed by atoms with E-state index in [1.54, 1.807) is 26.8 Å². The molecule has 1 saturated heterocycles. The van der Waals surface area contributed by atoms with Crippen LogP contribution < -0.4 is 10.6 Å². The van der Waals surface area contributed by atoms with Crippen LogP contribution in [-0.4, -0.2) is 34.8 Å². The third-order valence-electron chi connectivity index (χ3n) is 6.09. The number of hydrogen-bond donors (Lipinski definition) is 2. The van der Waals surface area contributed by atoms with E-state index in [-0.39, 0.29) is 48.2 Å². The molecule has 1 unspecified atom stereocenters. The number of carbonyl (C=O) groups excluding carboxylic acids is 1. The molecule has 0 aliphatic carbocycles. The summed E-state index contributed by atoms with van der Waals surface area (Å²) in [6.07, 6.45) is 1.39. The summed E-state index contributed by atoms with van der Waals surface area (Å²) in [5, 5.41) is 16.6. The molecule has 2 N–H and O–H groups in total. The minimum Gasteiger partial charge on any atom is -0.444 e. The number of halogens is 3. The highest BCUT2D eigenvalue weighted by Crippen LogP contribution is 2.46. The monoisotopic (exact) mass is 541 g/mol. The zero-order valence-electron chi connectivity index (χ0n) is 20.2. The van der Waals surface area contributed by atoms with Gasteiger partial charge in [0.05, 0.1) is 21.0 Å². The van der Waals surface area contributed by atoms with Gasteiger partial charge in [-0.2, -0.15) is 5.26 Å². The van der Waals surface area contributed by atoms with Gasteiger partial charge in [-0.05, 0) is 51.4 Å². The fourth-order valence-electron chi connectivity index (χ4n) is 4.58. The molecule has 4 aromatic rings. The Morgan fingerprint density at radius 3 is 2.78 bits per heavy atom. The summed E-state index contributed by atoms with van der Waals surface area (Å²) >= 11 is 7.51. The summed E-state index contributed by atoms with van der Waals surface area (Å²) in [5.74, 6) is -1.21. The van der Waals surface area contributed by atoms with Gasteiger partial charge in [-0.3, -0.25) is 5.32 Å². The molecule has 0 bridgehead atoms. The number of carbonyl (C=O) groups is 1. The van der Waals surface area contributed by atoms with E-state index < -0.39 is 23.3 Å². The summed E-state index contributed by atoms with van der Waals surface area (Å²) in [7, 11) is 0. The van der Waals surface area contributed by atoms with Crippen molar-refractivity contribution >= 4 is 55.0 Å². The zero-order chi connectivity index (χ0) is 26.5. The smallest absolute Gasteiger partial charge is 0.412 e. The lowest BCUT2D eigenvalue weighted by Gasteiger charge is -2.19. The Hall–Kier alpha value is -3.39. The second kappa shape index (κ2) is 9.49. The summed E-state index contributed by atoms with van der Waals surface area (Å²) < 4.78 is 36.4. The number of nitrogens with zero attached hydrogens (tertiary/aromatic N) is 3. The maximum Gasteiger partial charge on any atom is 0.412 e. The van der Waals surface area contributed by atoms with E-state index >= 15 is 4.39 Å².